The van der Waals surface area contributed by atoms with E-state index in [1.807, 2.05) is 0 Å². The predicted molar refractivity (Wildman–Crippen MR) is 82.1 cm³/mol. The van der Waals surface area contributed by atoms with Crippen molar-refractivity contribution >= 4 is 0 Å². The van der Waals surface area contributed by atoms with Crippen molar-refractivity contribution < 1.29 is 17.6 Å². The third-order valence-electron chi connectivity index (χ3n) is 4.70. The molecule has 0 N–H and O–H groups in total. The molecule has 0 saturated heterocycles. The summed E-state index contributed by atoms with van der Waals surface area (Å²) in [5.74, 6) is -2.47. The van der Waals surface area contributed by atoms with Gasteiger partial charge in [-0.15, -0.1) is 0 Å². The molecule has 1 aliphatic rings. The summed E-state index contributed by atoms with van der Waals surface area (Å²) in [5.41, 5.74) is 0.130. The highest BCUT2D eigenvalue weighted by molar-refractivity contribution is 5.65. The van der Waals surface area contributed by atoms with Crippen LogP contribution in [0.4, 0.5) is 17.6 Å². The van der Waals surface area contributed by atoms with Gasteiger partial charge in [0.25, 0.3) is 0 Å². The maximum absolute atomic E-state index is 14.4. The minimum Gasteiger partial charge on any atom is -0.207 e. The van der Waals surface area contributed by atoms with Gasteiger partial charge in [0.15, 0.2) is 0 Å². The van der Waals surface area contributed by atoms with Gasteiger partial charge in [-0.1, -0.05) is 19.8 Å². The van der Waals surface area contributed by atoms with E-state index in [9.17, 15) is 17.6 Å². The van der Waals surface area contributed by atoms with Gasteiger partial charge in [-0.2, -0.15) is 0 Å². The molecule has 0 aliphatic heterocycles. The van der Waals surface area contributed by atoms with Crippen LogP contribution in [-0.2, 0) is 0 Å². The Morgan fingerprint density at radius 3 is 1.78 bits per heavy atom. The average Bonchev–Trinajstić information content (AvgIpc) is 2.46. The van der Waals surface area contributed by atoms with E-state index >= 15 is 0 Å². The van der Waals surface area contributed by atoms with Crippen molar-refractivity contribution in [3.05, 3.63) is 59.2 Å². The van der Waals surface area contributed by atoms with Gasteiger partial charge in [-0.3, -0.25) is 0 Å². The Hall–Kier alpha value is -1.84. The number of halogens is 4. The molecule has 0 radical (unpaired) electrons. The van der Waals surface area contributed by atoms with Crippen LogP contribution in [0.5, 0.6) is 0 Å². The maximum Gasteiger partial charge on any atom is 0.134 e. The Labute approximate surface area is 133 Å². The van der Waals surface area contributed by atoms with Crippen molar-refractivity contribution in [1.29, 1.82) is 0 Å². The molecule has 3 rings (SSSR count). The fourth-order valence-corrected chi connectivity index (χ4v) is 3.40. The van der Waals surface area contributed by atoms with Gasteiger partial charge in [0.1, 0.15) is 23.3 Å². The van der Waals surface area contributed by atoms with Crippen LogP contribution in [0.2, 0.25) is 0 Å². The molecule has 1 saturated carbocycles. The summed E-state index contributed by atoms with van der Waals surface area (Å²) in [6.07, 6.45) is 3.91. The van der Waals surface area contributed by atoms with Crippen LogP contribution in [0, 0.1) is 29.2 Å². The summed E-state index contributed by atoms with van der Waals surface area (Å²) in [4.78, 5) is 0. The first-order chi connectivity index (χ1) is 10.9. The maximum atomic E-state index is 14.4. The van der Waals surface area contributed by atoms with E-state index in [0.29, 0.717) is 17.5 Å². The van der Waals surface area contributed by atoms with Gasteiger partial charge in [-0.25, -0.2) is 17.6 Å². The van der Waals surface area contributed by atoms with Gasteiger partial charge in [0.2, 0.25) is 0 Å². The lowest BCUT2D eigenvalue weighted by atomic mass is 9.79. The quantitative estimate of drug-likeness (QED) is 0.577. The van der Waals surface area contributed by atoms with E-state index in [2.05, 4.69) is 6.92 Å². The second-order valence-corrected chi connectivity index (χ2v) is 6.47. The van der Waals surface area contributed by atoms with Gasteiger partial charge in [-0.05, 0) is 60.1 Å². The van der Waals surface area contributed by atoms with E-state index in [1.54, 1.807) is 0 Å². The molecule has 0 atom stereocenters. The summed E-state index contributed by atoms with van der Waals surface area (Å²) in [5, 5.41) is 0. The molecule has 23 heavy (non-hydrogen) atoms. The topological polar surface area (TPSA) is 0 Å². The van der Waals surface area contributed by atoms with Crippen LogP contribution in [0.3, 0.4) is 0 Å². The molecule has 4 heteroatoms. The Bertz CT molecular complexity index is 672. The van der Waals surface area contributed by atoms with Crippen LogP contribution in [0.15, 0.2) is 30.3 Å². The minimum atomic E-state index is -0.857. The first-order valence-corrected chi connectivity index (χ1v) is 7.89. The van der Waals surface area contributed by atoms with Gasteiger partial charge in [0, 0.05) is 6.07 Å². The predicted octanol–water partition coefficient (Wildman–Crippen LogP) is 6.20. The molecule has 0 heterocycles. The largest absolute Gasteiger partial charge is 0.207 e. The van der Waals surface area contributed by atoms with Crippen LogP contribution in [-0.4, -0.2) is 0 Å². The SMILES string of the molecule is CC1CCC(c2cc(F)c(-c3cc(F)cc(F)c3)c(F)c2)CC1. The third-order valence-corrected chi connectivity index (χ3v) is 4.70. The van der Waals surface area contributed by atoms with Gasteiger partial charge < -0.3 is 0 Å². The molecule has 0 unspecified atom stereocenters. The first kappa shape index (κ1) is 16.0. The van der Waals surface area contributed by atoms with Crippen LogP contribution in [0.1, 0.15) is 44.1 Å². The lowest BCUT2D eigenvalue weighted by Crippen LogP contribution is -2.11. The third kappa shape index (κ3) is 3.41. The van der Waals surface area contributed by atoms with Crippen LogP contribution >= 0.6 is 0 Å². The first-order valence-electron chi connectivity index (χ1n) is 7.89. The van der Waals surface area contributed by atoms with E-state index in [4.69, 9.17) is 0 Å². The summed E-state index contributed by atoms with van der Waals surface area (Å²) in [6, 6.07) is 5.17. The van der Waals surface area contributed by atoms with Gasteiger partial charge in [0.05, 0.1) is 5.56 Å². The van der Waals surface area contributed by atoms with Crippen molar-refractivity contribution in [2.45, 2.75) is 38.5 Å². The fraction of sp³-hybridized carbons (Fsp3) is 0.368. The van der Waals surface area contributed by atoms with Crippen molar-refractivity contribution in [3.8, 4) is 11.1 Å². The summed E-state index contributed by atoms with van der Waals surface area (Å²) >= 11 is 0. The Morgan fingerprint density at radius 1 is 0.739 bits per heavy atom. The molecule has 0 spiro atoms. The van der Waals surface area contributed by atoms with Crippen molar-refractivity contribution in [1.82, 2.24) is 0 Å². The lowest BCUT2D eigenvalue weighted by Gasteiger charge is -2.26. The average molecular weight is 322 g/mol. The molecule has 0 bridgehead atoms. The van der Waals surface area contributed by atoms with Crippen molar-refractivity contribution in [2.75, 3.05) is 0 Å². The molecule has 122 valence electrons. The van der Waals surface area contributed by atoms with E-state index in [-0.39, 0.29) is 17.0 Å². The number of rotatable bonds is 2. The highest BCUT2D eigenvalue weighted by Crippen LogP contribution is 2.38. The summed E-state index contributed by atoms with van der Waals surface area (Å²) < 4.78 is 55.4. The second-order valence-electron chi connectivity index (χ2n) is 6.47. The molecule has 2 aromatic carbocycles. The van der Waals surface area contributed by atoms with Crippen molar-refractivity contribution in [2.24, 2.45) is 5.92 Å². The molecule has 0 aromatic heterocycles. The fourth-order valence-electron chi connectivity index (χ4n) is 3.40. The highest BCUT2D eigenvalue weighted by atomic mass is 19.1. The molecule has 0 amide bonds. The molecule has 2 aromatic rings. The Kier molecular flexibility index (Phi) is 4.42. The zero-order chi connectivity index (χ0) is 16.6. The normalized spacial score (nSPS) is 21.4. The molecular formula is C19H18F4. The van der Waals surface area contributed by atoms with Crippen molar-refractivity contribution in [3.63, 3.8) is 0 Å². The lowest BCUT2D eigenvalue weighted by molar-refractivity contribution is 0.346. The molecule has 1 aliphatic carbocycles. The van der Waals surface area contributed by atoms with E-state index in [0.717, 1.165) is 37.8 Å². The summed E-state index contributed by atoms with van der Waals surface area (Å²) in [6.45, 7) is 2.18. The second kappa shape index (κ2) is 6.34. The zero-order valence-electron chi connectivity index (χ0n) is 12.9. The van der Waals surface area contributed by atoms with E-state index < -0.39 is 23.3 Å². The van der Waals surface area contributed by atoms with E-state index in [1.165, 1.54) is 12.1 Å². The number of benzene rings is 2. The Balaban J connectivity index is 1.97. The molecular weight excluding hydrogens is 304 g/mol. The van der Waals surface area contributed by atoms with Crippen LogP contribution in [0.25, 0.3) is 11.1 Å². The van der Waals surface area contributed by atoms with Gasteiger partial charge >= 0.3 is 0 Å². The summed E-state index contributed by atoms with van der Waals surface area (Å²) in [7, 11) is 0. The standard InChI is InChI=1S/C19H18F4/c1-11-2-4-12(5-3-11)13-8-17(22)19(18(23)9-13)14-6-15(20)10-16(21)7-14/h6-12H,2-5H2,1H3. The smallest absolute Gasteiger partial charge is 0.134 e. The number of hydrogen-bond acceptors (Lipinski definition) is 0. The number of hydrogen-bond donors (Lipinski definition) is 0. The molecule has 0 nitrogen and oxygen atoms in total. The van der Waals surface area contributed by atoms with Crippen LogP contribution < -0.4 is 0 Å². The highest BCUT2D eigenvalue weighted by Gasteiger charge is 2.23. The minimum absolute atomic E-state index is 0.124. The molecule has 1 fully saturated rings. The Morgan fingerprint density at radius 2 is 1.26 bits per heavy atom. The monoisotopic (exact) mass is 322 g/mol. The zero-order valence-corrected chi connectivity index (χ0v) is 12.9.